The van der Waals surface area contributed by atoms with E-state index in [1.54, 1.807) is 4.90 Å². The molecule has 2 amide bonds. The van der Waals surface area contributed by atoms with E-state index in [1.807, 2.05) is 11.0 Å². The van der Waals surface area contributed by atoms with Crippen molar-refractivity contribution in [2.45, 2.75) is 31.2 Å². The smallest absolute Gasteiger partial charge is 0.274 e. The third-order valence-electron chi connectivity index (χ3n) is 4.85. The van der Waals surface area contributed by atoms with E-state index < -0.39 is 0 Å². The Bertz CT molecular complexity index is 594. The maximum absolute atomic E-state index is 12.5. The number of aromatic nitrogens is 2. The molecule has 7 nitrogen and oxygen atoms in total. The van der Waals surface area contributed by atoms with Gasteiger partial charge in [0.15, 0.2) is 0 Å². The molecule has 1 aliphatic carbocycles. The predicted molar refractivity (Wildman–Crippen MR) is 86.7 cm³/mol. The van der Waals surface area contributed by atoms with E-state index in [1.165, 1.54) is 0 Å². The second-order valence-corrected chi connectivity index (χ2v) is 6.44. The topological polar surface area (TPSA) is 81.3 Å². The molecular formula is C15H22ClN5O2. The number of H-pyrrole nitrogens is 1. The van der Waals surface area contributed by atoms with Crippen LogP contribution >= 0.6 is 12.4 Å². The van der Waals surface area contributed by atoms with Gasteiger partial charge >= 0.3 is 0 Å². The van der Waals surface area contributed by atoms with Gasteiger partial charge in [0.2, 0.25) is 5.91 Å². The minimum absolute atomic E-state index is 0. The van der Waals surface area contributed by atoms with Crippen LogP contribution < -0.4 is 5.32 Å². The quantitative estimate of drug-likeness (QED) is 0.833. The third kappa shape index (κ3) is 3.21. The largest absolute Gasteiger partial charge is 0.336 e. The van der Waals surface area contributed by atoms with Crippen LogP contribution in [0.1, 0.15) is 41.4 Å². The molecule has 3 aliphatic rings. The van der Waals surface area contributed by atoms with Gasteiger partial charge in [0.25, 0.3) is 5.91 Å². The Balaban J connectivity index is 0.00000156. The zero-order valence-electron chi connectivity index (χ0n) is 13.0. The normalized spacial score (nSPS) is 24.7. The fourth-order valence-electron chi connectivity index (χ4n) is 3.37. The Morgan fingerprint density at radius 3 is 2.74 bits per heavy atom. The minimum atomic E-state index is -0.141. The number of piperazine rings is 1. The van der Waals surface area contributed by atoms with Crippen molar-refractivity contribution in [2.75, 3.05) is 32.7 Å². The first-order chi connectivity index (χ1) is 10.7. The SMILES string of the molecule is Cl.O=C(c1cc(C2CCNC2)[nH]n1)N1CCN(C2CC2)C(=O)C1. The average Bonchev–Trinajstić information content (AvgIpc) is 3.03. The van der Waals surface area contributed by atoms with Crippen molar-refractivity contribution in [3.63, 3.8) is 0 Å². The molecule has 2 saturated heterocycles. The zero-order valence-corrected chi connectivity index (χ0v) is 13.8. The van der Waals surface area contributed by atoms with Crippen molar-refractivity contribution in [1.29, 1.82) is 0 Å². The van der Waals surface area contributed by atoms with Crippen molar-refractivity contribution in [2.24, 2.45) is 0 Å². The number of nitrogens with one attached hydrogen (secondary N) is 2. The summed E-state index contributed by atoms with van der Waals surface area (Å²) in [4.78, 5) is 28.2. The number of hydrogen-bond donors (Lipinski definition) is 2. The van der Waals surface area contributed by atoms with E-state index in [2.05, 4.69) is 15.5 Å². The van der Waals surface area contributed by atoms with Gasteiger partial charge in [-0.1, -0.05) is 0 Å². The lowest BCUT2D eigenvalue weighted by atomic mass is 10.0. The molecule has 1 aromatic rings. The lowest BCUT2D eigenvalue weighted by Gasteiger charge is -2.34. The second-order valence-electron chi connectivity index (χ2n) is 6.44. The van der Waals surface area contributed by atoms with E-state index in [0.717, 1.165) is 38.0 Å². The van der Waals surface area contributed by atoms with E-state index in [4.69, 9.17) is 0 Å². The van der Waals surface area contributed by atoms with Crippen LogP contribution in [0, 0.1) is 0 Å². The molecule has 1 aromatic heterocycles. The van der Waals surface area contributed by atoms with Crippen LogP contribution in [0.5, 0.6) is 0 Å². The van der Waals surface area contributed by atoms with Gasteiger partial charge in [-0.25, -0.2) is 0 Å². The molecule has 23 heavy (non-hydrogen) atoms. The van der Waals surface area contributed by atoms with E-state index in [-0.39, 0.29) is 30.8 Å². The minimum Gasteiger partial charge on any atom is -0.336 e. The molecule has 4 rings (SSSR count). The maximum Gasteiger partial charge on any atom is 0.274 e. The highest BCUT2D eigenvalue weighted by molar-refractivity contribution is 5.95. The molecule has 0 aromatic carbocycles. The van der Waals surface area contributed by atoms with Crippen molar-refractivity contribution in [1.82, 2.24) is 25.3 Å². The molecular weight excluding hydrogens is 318 g/mol. The average molecular weight is 340 g/mol. The summed E-state index contributed by atoms with van der Waals surface area (Å²) in [6.45, 7) is 3.37. The molecule has 3 fully saturated rings. The Morgan fingerprint density at radius 2 is 2.09 bits per heavy atom. The van der Waals surface area contributed by atoms with Crippen LogP contribution in [0.3, 0.4) is 0 Å². The molecule has 1 atom stereocenters. The Morgan fingerprint density at radius 1 is 1.26 bits per heavy atom. The summed E-state index contributed by atoms with van der Waals surface area (Å²) in [5.74, 6) is 0.331. The molecule has 2 N–H and O–H groups in total. The van der Waals surface area contributed by atoms with E-state index >= 15 is 0 Å². The fourth-order valence-corrected chi connectivity index (χ4v) is 3.37. The third-order valence-corrected chi connectivity index (χ3v) is 4.85. The summed E-state index contributed by atoms with van der Waals surface area (Å²) in [7, 11) is 0. The highest BCUT2D eigenvalue weighted by Gasteiger charge is 2.37. The van der Waals surface area contributed by atoms with Crippen molar-refractivity contribution in [3.05, 3.63) is 17.5 Å². The maximum atomic E-state index is 12.5. The molecule has 0 radical (unpaired) electrons. The highest BCUT2D eigenvalue weighted by Crippen LogP contribution is 2.28. The van der Waals surface area contributed by atoms with Crippen LogP contribution in [0.15, 0.2) is 6.07 Å². The molecule has 1 unspecified atom stereocenters. The first kappa shape index (κ1) is 16.3. The molecule has 1 saturated carbocycles. The van der Waals surface area contributed by atoms with Crippen LogP contribution in [-0.2, 0) is 4.79 Å². The van der Waals surface area contributed by atoms with Crippen LogP contribution in [-0.4, -0.2) is 70.6 Å². The molecule has 126 valence electrons. The monoisotopic (exact) mass is 339 g/mol. The van der Waals surface area contributed by atoms with Crippen molar-refractivity contribution < 1.29 is 9.59 Å². The Hall–Kier alpha value is -1.60. The number of carbonyl (C=O) groups is 2. The lowest BCUT2D eigenvalue weighted by Crippen LogP contribution is -2.52. The number of carbonyl (C=O) groups excluding carboxylic acids is 2. The first-order valence-corrected chi connectivity index (χ1v) is 8.07. The summed E-state index contributed by atoms with van der Waals surface area (Å²) >= 11 is 0. The number of amides is 2. The Labute approximate surface area is 141 Å². The van der Waals surface area contributed by atoms with E-state index in [0.29, 0.717) is 30.7 Å². The van der Waals surface area contributed by atoms with Gasteiger partial charge in [0.1, 0.15) is 12.2 Å². The summed E-state index contributed by atoms with van der Waals surface area (Å²) in [6, 6.07) is 2.27. The van der Waals surface area contributed by atoms with Crippen LogP contribution in [0.25, 0.3) is 0 Å². The molecule has 8 heteroatoms. The number of hydrogen-bond acceptors (Lipinski definition) is 4. The second kappa shape index (κ2) is 6.49. The summed E-state index contributed by atoms with van der Waals surface area (Å²) in [5.41, 5.74) is 1.44. The summed E-state index contributed by atoms with van der Waals surface area (Å²) in [5, 5.41) is 10.4. The first-order valence-electron chi connectivity index (χ1n) is 8.07. The van der Waals surface area contributed by atoms with Gasteiger partial charge in [-0.2, -0.15) is 5.10 Å². The molecule has 2 aliphatic heterocycles. The van der Waals surface area contributed by atoms with Crippen LogP contribution in [0.4, 0.5) is 0 Å². The molecule has 0 spiro atoms. The fraction of sp³-hybridized carbons (Fsp3) is 0.667. The summed E-state index contributed by atoms with van der Waals surface area (Å²) < 4.78 is 0. The van der Waals surface area contributed by atoms with Gasteiger partial charge in [0, 0.05) is 37.3 Å². The van der Waals surface area contributed by atoms with Crippen molar-refractivity contribution in [3.8, 4) is 0 Å². The van der Waals surface area contributed by atoms with Gasteiger partial charge in [-0.05, 0) is 31.9 Å². The highest BCUT2D eigenvalue weighted by atomic mass is 35.5. The van der Waals surface area contributed by atoms with Gasteiger partial charge < -0.3 is 15.1 Å². The zero-order chi connectivity index (χ0) is 15.1. The summed E-state index contributed by atoms with van der Waals surface area (Å²) in [6.07, 6.45) is 3.28. The van der Waals surface area contributed by atoms with Crippen molar-refractivity contribution >= 4 is 24.2 Å². The Kier molecular flexibility index (Phi) is 4.59. The van der Waals surface area contributed by atoms with Crippen LogP contribution in [0.2, 0.25) is 0 Å². The van der Waals surface area contributed by atoms with Gasteiger partial charge in [0.05, 0.1) is 0 Å². The standard InChI is InChI=1S/C15H21N5O2.ClH/c21-14-9-19(5-6-20(14)11-1-2-11)15(22)13-7-12(17-18-13)10-3-4-16-8-10;/h7,10-11,16H,1-6,8-9H2,(H,17,18);1H. The lowest BCUT2D eigenvalue weighted by molar-refractivity contribution is -0.135. The molecule has 3 heterocycles. The number of nitrogens with zero attached hydrogens (tertiary/aromatic N) is 3. The number of rotatable bonds is 3. The predicted octanol–water partition coefficient (Wildman–Crippen LogP) is 0.355. The van der Waals surface area contributed by atoms with Gasteiger partial charge in [-0.15, -0.1) is 12.4 Å². The number of aromatic amines is 1. The molecule has 0 bridgehead atoms. The number of halogens is 1. The van der Waals surface area contributed by atoms with Gasteiger partial charge in [-0.3, -0.25) is 14.7 Å². The van der Waals surface area contributed by atoms with E-state index in [9.17, 15) is 9.59 Å².